The molecule has 1 aliphatic rings. The zero-order valence-electron chi connectivity index (χ0n) is 7.76. The predicted molar refractivity (Wildman–Crippen MR) is 55.7 cm³/mol. The molecule has 0 aromatic rings. The second kappa shape index (κ2) is 5.19. The molecular formula is C11H13NO2. The van der Waals surface area contributed by atoms with Crippen molar-refractivity contribution in [1.82, 2.24) is 0 Å². The second-order valence-corrected chi connectivity index (χ2v) is 3.02. The van der Waals surface area contributed by atoms with Gasteiger partial charge in [0.05, 0.1) is 0 Å². The molecule has 3 heteroatoms. The van der Waals surface area contributed by atoms with Crippen LogP contribution >= 0.6 is 0 Å². The van der Waals surface area contributed by atoms with Gasteiger partial charge in [0.1, 0.15) is 6.04 Å². The Morgan fingerprint density at radius 3 is 2.64 bits per heavy atom. The van der Waals surface area contributed by atoms with Crippen molar-refractivity contribution in [1.29, 1.82) is 0 Å². The fraction of sp³-hybridized carbons (Fsp3) is 0.182. The van der Waals surface area contributed by atoms with E-state index in [4.69, 9.17) is 10.8 Å². The lowest BCUT2D eigenvalue weighted by atomic mass is 10.1. The monoisotopic (exact) mass is 191 g/mol. The van der Waals surface area contributed by atoms with Gasteiger partial charge in [0.25, 0.3) is 0 Å². The van der Waals surface area contributed by atoms with Crippen molar-refractivity contribution in [3.05, 3.63) is 48.1 Å². The van der Waals surface area contributed by atoms with E-state index in [1.54, 1.807) is 0 Å². The zero-order chi connectivity index (χ0) is 10.4. The molecule has 3 nitrogen and oxygen atoms in total. The summed E-state index contributed by atoms with van der Waals surface area (Å²) in [5.41, 5.74) is 6.34. The van der Waals surface area contributed by atoms with E-state index >= 15 is 0 Å². The van der Waals surface area contributed by atoms with Crippen molar-refractivity contribution in [2.24, 2.45) is 5.73 Å². The predicted octanol–water partition coefficient (Wildman–Crippen LogP) is 1.40. The maximum absolute atomic E-state index is 10.5. The largest absolute Gasteiger partial charge is 0.480 e. The minimum Gasteiger partial charge on any atom is -0.480 e. The molecule has 0 amide bonds. The third kappa shape index (κ3) is 3.41. The van der Waals surface area contributed by atoms with E-state index in [1.165, 1.54) is 0 Å². The maximum Gasteiger partial charge on any atom is 0.320 e. The van der Waals surface area contributed by atoms with E-state index < -0.39 is 12.0 Å². The van der Waals surface area contributed by atoms with Crippen molar-refractivity contribution >= 4 is 5.97 Å². The molecule has 0 aromatic heterocycles. The Bertz CT molecular complexity index is 324. The molecule has 0 saturated carbocycles. The van der Waals surface area contributed by atoms with Crippen molar-refractivity contribution in [3.63, 3.8) is 0 Å². The lowest BCUT2D eigenvalue weighted by molar-refractivity contribution is -0.138. The average Bonchev–Trinajstić information content (AvgIpc) is 2.08. The number of aliphatic carboxylic acids is 1. The number of carbonyl (C=O) groups is 1. The Morgan fingerprint density at radius 1 is 1.29 bits per heavy atom. The van der Waals surface area contributed by atoms with Gasteiger partial charge in [0.15, 0.2) is 0 Å². The van der Waals surface area contributed by atoms with Gasteiger partial charge >= 0.3 is 5.97 Å². The van der Waals surface area contributed by atoms with Crippen LogP contribution in [-0.4, -0.2) is 17.1 Å². The second-order valence-electron chi connectivity index (χ2n) is 3.02. The van der Waals surface area contributed by atoms with Crippen LogP contribution in [-0.2, 0) is 4.79 Å². The number of nitrogens with two attached hydrogens (primary N) is 1. The van der Waals surface area contributed by atoms with Crippen molar-refractivity contribution in [2.75, 3.05) is 0 Å². The van der Waals surface area contributed by atoms with Crippen LogP contribution in [0.5, 0.6) is 0 Å². The summed E-state index contributed by atoms with van der Waals surface area (Å²) in [6, 6.07) is -0.831. The smallest absolute Gasteiger partial charge is 0.320 e. The van der Waals surface area contributed by atoms with Gasteiger partial charge in [-0.25, -0.2) is 0 Å². The van der Waals surface area contributed by atoms with Gasteiger partial charge < -0.3 is 10.8 Å². The van der Waals surface area contributed by atoms with Gasteiger partial charge in [-0.15, -0.1) is 0 Å². The average molecular weight is 191 g/mol. The van der Waals surface area contributed by atoms with Crippen LogP contribution in [0.4, 0.5) is 0 Å². The SMILES string of the molecule is N[C@@H](CC1=C/C=C\C=C/C=C\1)C(=O)O. The minimum atomic E-state index is -0.971. The summed E-state index contributed by atoms with van der Waals surface area (Å²) in [4.78, 5) is 10.5. The molecular weight excluding hydrogens is 178 g/mol. The Labute approximate surface area is 82.9 Å². The Kier molecular flexibility index (Phi) is 3.88. The Balaban J connectivity index is 2.64. The molecule has 74 valence electrons. The highest BCUT2D eigenvalue weighted by molar-refractivity contribution is 5.73. The van der Waals surface area contributed by atoms with Crippen LogP contribution in [0.2, 0.25) is 0 Å². The Morgan fingerprint density at radius 2 is 1.93 bits per heavy atom. The van der Waals surface area contributed by atoms with Crippen LogP contribution in [0.25, 0.3) is 0 Å². The fourth-order valence-electron chi connectivity index (χ4n) is 1.08. The summed E-state index contributed by atoms with van der Waals surface area (Å²) in [5, 5.41) is 8.63. The third-order valence-corrected chi connectivity index (χ3v) is 1.84. The first-order valence-corrected chi connectivity index (χ1v) is 4.39. The van der Waals surface area contributed by atoms with E-state index in [0.29, 0.717) is 6.42 Å². The number of allylic oxidation sites excluding steroid dienone is 7. The molecule has 1 aliphatic carbocycles. The normalized spacial score (nSPS) is 27.6. The Hall–Kier alpha value is -1.61. The van der Waals surface area contributed by atoms with E-state index in [1.807, 2.05) is 42.5 Å². The molecule has 0 heterocycles. The molecule has 3 N–H and O–H groups in total. The highest BCUT2D eigenvalue weighted by Gasteiger charge is 2.11. The van der Waals surface area contributed by atoms with Crippen molar-refractivity contribution in [2.45, 2.75) is 12.5 Å². The molecule has 0 aromatic carbocycles. The standard InChI is InChI=1S/C11H13NO2/c12-10(11(13)14)8-9-6-4-2-1-3-5-7-9/h1-7,10H,8,12H2,(H,13,14)/b2-1-,3-1?,4-2?,5-3-,6-4-,7-5?,9-6?,9-7+/t10-/m0/s1. The highest BCUT2D eigenvalue weighted by Crippen LogP contribution is 2.08. The van der Waals surface area contributed by atoms with E-state index in [2.05, 4.69) is 0 Å². The number of hydrogen-bond acceptors (Lipinski definition) is 2. The van der Waals surface area contributed by atoms with E-state index in [-0.39, 0.29) is 0 Å². The van der Waals surface area contributed by atoms with Crippen LogP contribution in [0.15, 0.2) is 48.1 Å². The first-order chi connectivity index (χ1) is 6.70. The number of carboxylic acids is 1. The molecule has 1 rings (SSSR count). The molecule has 0 radical (unpaired) electrons. The van der Waals surface area contributed by atoms with Gasteiger partial charge in [0.2, 0.25) is 0 Å². The number of hydrogen-bond donors (Lipinski definition) is 2. The summed E-state index contributed by atoms with van der Waals surface area (Å²) in [7, 11) is 0. The molecule has 14 heavy (non-hydrogen) atoms. The van der Waals surface area contributed by atoms with Gasteiger partial charge in [-0.2, -0.15) is 0 Å². The lowest BCUT2D eigenvalue weighted by Gasteiger charge is -2.06. The van der Waals surface area contributed by atoms with Gasteiger partial charge in [-0.05, 0) is 12.0 Å². The van der Waals surface area contributed by atoms with Gasteiger partial charge in [-0.1, -0.05) is 42.5 Å². The quantitative estimate of drug-likeness (QED) is 0.708. The molecule has 1 atom stereocenters. The topological polar surface area (TPSA) is 63.3 Å². The van der Waals surface area contributed by atoms with E-state index in [9.17, 15) is 4.79 Å². The lowest BCUT2D eigenvalue weighted by Crippen LogP contribution is -2.30. The molecule has 0 spiro atoms. The number of rotatable bonds is 3. The van der Waals surface area contributed by atoms with Gasteiger partial charge in [0, 0.05) is 0 Å². The maximum atomic E-state index is 10.5. The molecule has 0 unspecified atom stereocenters. The van der Waals surface area contributed by atoms with Crippen LogP contribution in [0, 0.1) is 0 Å². The first-order valence-electron chi connectivity index (χ1n) is 4.39. The van der Waals surface area contributed by atoms with Crippen LogP contribution < -0.4 is 5.73 Å². The van der Waals surface area contributed by atoms with E-state index in [0.717, 1.165) is 5.57 Å². The summed E-state index contributed by atoms with van der Waals surface area (Å²) >= 11 is 0. The van der Waals surface area contributed by atoms with Crippen LogP contribution in [0.3, 0.4) is 0 Å². The molecule has 0 aliphatic heterocycles. The first kappa shape index (κ1) is 10.5. The van der Waals surface area contributed by atoms with Crippen molar-refractivity contribution < 1.29 is 9.90 Å². The highest BCUT2D eigenvalue weighted by atomic mass is 16.4. The number of carboxylic acid groups (broad SMARTS) is 1. The van der Waals surface area contributed by atoms with Crippen LogP contribution in [0.1, 0.15) is 6.42 Å². The van der Waals surface area contributed by atoms with Crippen molar-refractivity contribution in [3.8, 4) is 0 Å². The fourth-order valence-corrected chi connectivity index (χ4v) is 1.08. The minimum absolute atomic E-state index is 0.351. The molecule has 0 fully saturated rings. The van der Waals surface area contributed by atoms with Gasteiger partial charge in [-0.3, -0.25) is 4.79 Å². The summed E-state index contributed by atoms with van der Waals surface area (Å²) in [6.07, 6.45) is 13.5. The summed E-state index contributed by atoms with van der Waals surface area (Å²) in [5.74, 6) is -0.971. The summed E-state index contributed by atoms with van der Waals surface area (Å²) in [6.45, 7) is 0. The third-order valence-electron chi connectivity index (χ3n) is 1.84. The molecule has 0 bridgehead atoms. The molecule has 0 saturated heterocycles. The summed E-state index contributed by atoms with van der Waals surface area (Å²) < 4.78 is 0. The zero-order valence-corrected chi connectivity index (χ0v) is 7.76.